The highest BCUT2D eigenvalue weighted by Crippen LogP contribution is 2.32. The number of rotatable bonds is 2. The second kappa shape index (κ2) is 5.22. The van der Waals surface area contributed by atoms with E-state index in [9.17, 15) is 0 Å². The summed E-state index contributed by atoms with van der Waals surface area (Å²) < 4.78 is 3.47. The Bertz CT molecular complexity index is 829. The minimum atomic E-state index is 0.484. The Balaban J connectivity index is 1.58. The summed E-state index contributed by atoms with van der Waals surface area (Å²) in [5.41, 5.74) is 3.37. The van der Waals surface area contributed by atoms with Crippen molar-refractivity contribution < 1.29 is 0 Å². The highest BCUT2D eigenvalue weighted by molar-refractivity contribution is 14.1. The Morgan fingerprint density at radius 1 is 1.14 bits per heavy atom. The van der Waals surface area contributed by atoms with E-state index in [1.807, 2.05) is 6.07 Å². The second-order valence-electron chi connectivity index (χ2n) is 5.90. The topological polar surface area (TPSA) is 34.0 Å². The number of benzene rings is 1. The fourth-order valence-corrected chi connectivity index (χ4v) is 3.86. The molecule has 0 saturated carbocycles. The molecular weight excluding hydrogens is 387 g/mol. The maximum Gasteiger partial charge on any atom is 0.129 e. The van der Waals surface area contributed by atoms with E-state index in [-0.39, 0.29) is 0 Å². The summed E-state index contributed by atoms with van der Waals surface area (Å²) >= 11 is 2.35. The van der Waals surface area contributed by atoms with Crippen LogP contribution in [0.15, 0.2) is 36.4 Å². The first-order valence-electron chi connectivity index (χ1n) is 7.42. The predicted octanol–water partition coefficient (Wildman–Crippen LogP) is 3.49. The molecule has 0 unspecified atom stereocenters. The SMILES string of the molecule is Cc1cc(I)cc(N2CC(c3nc4ccccc4n3C)C2)n1. The van der Waals surface area contributed by atoms with Crippen molar-refractivity contribution in [3.05, 3.63) is 51.5 Å². The van der Waals surface area contributed by atoms with Gasteiger partial charge in [0.15, 0.2) is 0 Å². The molecule has 22 heavy (non-hydrogen) atoms. The third kappa shape index (κ3) is 2.27. The smallest absolute Gasteiger partial charge is 0.129 e. The monoisotopic (exact) mass is 404 g/mol. The number of aryl methyl sites for hydroxylation is 2. The van der Waals surface area contributed by atoms with E-state index in [0.29, 0.717) is 5.92 Å². The normalized spacial score (nSPS) is 15.3. The summed E-state index contributed by atoms with van der Waals surface area (Å²) in [4.78, 5) is 11.8. The summed E-state index contributed by atoms with van der Waals surface area (Å²) in [6.45, 7) is 4.03. The zero-order valence-electron chi connectivity index (χ0n) is 12.6. The van der Waals surface area contributed by atoms with Gasteiger partial charge in [-0.2, -0.15) is 0 Å². The quantitative estimate of drug-likeness (QED) is 0.614. The van der Waals surface area contributed by atoms with Crippen LogP contribution in [-0.4, -0.2) is 27.6 Å². The van der Waals surface area contributed by atoms with E-state index in [4.69, 9.17) is 4.98 Å². The maximum atomic E-state index is 4.81. The van der Waals surface area contributed by atoms with Crippen molar-refractivity contribution in [1.29, 1.82) is 0 Å². The van der Waals surface area contributed by atoms with Gasteiger partial charge in [-0.25, -0.2) is 9.97 Å². The van der Waals surface area contributed by atoms with Gasteiger partial charge in [-0.15, -0.1) is 0 Å². The number of fused-ring (bicyclic) bond motifs is 1. The number of para-hydroxylation sites is 2. The first kappa shape index (κ1) is 14.0. The summed E-state index contributed by atoms with van der Waals surface area (Å²) in [7, 11) is 2.11. The van der Waals surface area contributed by atoms with E-state index in [1.54, 1.807) is 0 Å². The molecule has 0 atom stereocenters. The molecule has 4 rings (SSSR count). The molecule has 1 saturated heterocycles. The lowest BCUT2D eigenvalue weighted by Crippen LogP contribution is -2.46. The van der Waals surface area contributed by atoms with Gasteiger partial charge in [0.2, 0.25) is 0 Å². The van der Waals surface area contributed by atoms with Crippen LogP contribution in [0.3, 0.4) is 0 Å². The van der Waals surface area contributed by atoms with E-state index in [1.165, 1.54) is 14.9 Å². The van der Waals surface area contributed by atoms with Gasteiger partial charge in [-0.3, -0.25) is 0 Å². The Morgan fingerprint density at radius 3 is 2.64 bits per heavy atom. The number of hydrogen-bond acceptors (Lipinski definition) is 3. The van der Waals surface area contributed by atoms with Crippen molar-refractivity contribution >= 4 is 39.4 Å². The van der Waals surface area contributed by atoms with Gasteiger partial charge in [0.25, 0.3) is 0 Å². The fraction of sp³-hybridized carbons (Fsp3) is 0.294. The van der Waals surface area contributed by atoms with Gasteiger partial charge < -0.3 is 9.47 Å². The highest BCUT2D eigenvalue weighted by Gasteiger charge is 2.32. The third-order valence-electron chi connectivity index (χ3n) is 4.30. The lowest BCUT2D eigenvalue weighted by molar-refractivity contribution is 0.486. The number of halogens is 1. The van der Waals surface area contributed by atoms with Crippen LogP contribution >= 0.6 is 22.6 Å². The molecule has 0 amide bonds. The van der Waals surface area contributed by atoms with Gasteiger partial charge in [-0.1, -0.05) is 12.1 Å². The van der Waals surface area contributed by atoms with Gasteiger partial charge in [-0.05, 0) is 53.8 Å². The molecule has 1 fully saturated rings. The molecule has 0 radical (unpaired) electrons. The van der Waals surface area contributed by atoms with Crippen LogP contribution in [0.2, 0.25) is 0 Å². The molecule has 5 heteroatoms. The molecule has 4 nitrogen and oxygen atoms in total. The van der Waals surface area contributed by atoms with Crippen LogP contribution in [0.1, 0.15) is 17.4 Å². The Hall–Kier alpha value is -1.63. The lowest BCUT2D eigenvalue weighted by atomic mass is 9.99. The molecule has 0 bridgehead atoms. The Labute approximate surface area is 143 Å². The molecule has 1 aromatic carbocycles. The molecule has 1 aliphatic rings. The predicted molar refractivity (Wildman–Crippen MR) is 97.4 cm³/mol. The molecule has 0 N–H and O–H groups in total. The van der Waals surface area contributed by atoms with Crippen LogP contribution in [0, 0.1) is 10.5 Å². The van der Waals surface area contributed by atoms with Crippen molar-refractivity contribution in [2.24, 2.45) is 7.05 Å². The van der Waals surface area contributed by atoms with E-state index < -0.39 is 0 Å². The van der Waals surface area contributed by atoms with Crippen LogP contribution in [-0.2, 0) is 7.05 Å². The Morgan fingerprint density at radius 2 is 1.91 bits per heavy atom. The van der Waals surface area contributed by atoms with E-state index in [2.05, 4.69) is 81.3 Å². The molecule has 0 aliphatic carbocycles. The largest absolute Gasteiger partial charge is 0.355 e. The number of aromatic nitrogens is 3. The third-order valence-corrected chi connectivity index (χ3v) is 4.92. The zero-order valence-corrected chi connectivity index (χ0v) is 14.8. The number of nitrogens with zero attached hydrogens (tertiary/aromatic N) is 4. The summed E-state index contributed by atoms with van der Waals surface area (Å²) in [6, 6.07) is 12.6. The van der Waals surface area contributed by atoms with Gasteiger partial charge in [0.05, 0.1) is 17.0 Å². The number of imidazole rings is 1. The summed E-state index contributed by atoms with van der Waals surface area (Å²) in [5, 5.41) is 0. The molecule has 3 aromatic rings. The molecule has 2 aromatic heterocycles. The van der Waals surface area contributed by atoms with Crippen molar-refractivity contribution in [3.63, 3.8) is 0 Å². The number of hydrogen-bond donors (Lipinski definition) is 0. The van der Waals surface area contributed by atoms with Gasteiger partial charge in [0.1, 0.15) is 11.6 Å². The minimum absolute atomic E-state index is 0.484. The molecule has 0 spiro atoms. The summed E-state index contributed by atoms with van der Waals surface area (Å²) in [5.74, 6) is 2.75. The molecule has 1 aliphatic heterocycles. The average molecular weight is 404 g/mol. The van der Waals surface area contributed by atoms with Crippen LogP contribution in [0.25, 0.3) is 11.0 Å². The maximum absolute atomic E-state index is 4.81. The molecule has 3 heterocycles. The van der Waals surface area contributed by atoms with Gasteiger partial charge >= 0.3 is 0 Å². The molecular formula is C17H17IN4. The van der Waals surface area contributed by atoms with E-state index in [0.717, 1.165) is 30.1 Å². The standard InChI is InChI=1S/C17H17IN4/c1-11-7-13(18)8-16(19-11)22-9-12(10-22)17-20-14-5-3-4-6-15(14)21(17)2/h3-8,12H,9-10H2,1-2H3. The van der Waals surface area contributed by atoms with Crippen molar-refractivity contribution in [3.8, 4) is 0 Å². The Kier molecular flexibility index (Phi) is 3.32. The lowest BCUT2D eigenvalue weighted by Gasteiger charge is -2.39. The van der Waals surface area contributed by atoms with Crippen LogP contribution in [0.4, 0.5) is 5.82 Å². The van der Waals surface area contributed by atoms with Gasteiger partial charge in [0, 0.05) is 29.4 Å². The average Bonchev–Trinajstić information content (AvgIpc) is 2.74. The number of pyridine rings is 1. The van der Waals surface area contributed by atoms with Crippen molar-refractivity contribution in [1.82, 2.24) is 14.5 Å². The first-order chi connectivity index (χ1) is 10.6. The second-order valence-corrected chi connectivity index (χ2v) is 7.15. The minimum Gasteiger partial charge on any atom is -0.355 e. The molecule has 112 valence electrons. The summed E-state index contributed by atoms with van der Waals surface area (Å²) in [6.07, 6.45) is 0. The van der Waals surface area contributed by atoms with Crippen molar-refractivity contribution in [2.45, 2.75) is 12.8 Å². The van der Waals surface area contributed by atoms with Crippen molar-refractivity contribution in [2.75, 3.05) is 18.0 Å². The number of anilines is 1. The van der Waals surface area contributed by atoms with Crippen LogP contribution < -0.4 is 4.90 Å². The highest BCUT2D eigenvalue weighted by atomic mass is 127. The fourth-order valence-electron chi connectivity index (χ4n) is 3.13. The first-order valence-corrected chi connectivity index (χ1v) is 8.50. The zero-order chi connectivity index (χ0) is 15.3. The van der Waals surface area contributed by atoms with Crippen LogP contribution in [0.5, 0.6) is 0 Å². The van der Waals surface area contributed by atoms with E-state index >= 15 is 0 Å².